The van der Waals surface area contributed by atoms with Gasteiger partial charge >= 0.3 is 0 Å². The zero-order chi connectivity index (χ0) is 21.0. The lowest BCUT2D eigenvalue weighted by atomic mass is 10.0. The predicted molar refractivity (Wildman–Crippen MR) is 104 cm³/mol. The van der Waals surface area contributed by atoms with Gasteiger partial charge in [0.1, 0.15) is 0 Å². The minimum absolute atomic E-state index is 0.109. The molecule has 0 fully saturated rings. The van der Waals surface area contributed by atoms with Crippen LogP contribution in [0.1, 0.15) is 22.3 Å². The number of aryl methyl sites for hydroxylation is 2. The van der Waals surface area contributed by atoms with Gasteiger partial charge in [-0.1, -0.05) is 6.07 Å². The maximum Gasteiger partial charge on any atom is 0.243 e. The van der Waals surface area contributed by atoms with Crippen LogP contribution < -0.4 is 10.6 Å². The van der Waals surface area contributed by atoms with E-state index in [0.29, 0.717) is 6.07 Å². The smallest absolute Gasteiger partial charge is 0.243 e. The molecule has 0 aliphatic carbocycles. The monoisotopic (exact) mass is 410 g/mol. The third kappa shape index (κ3) is 5.07. The molecule has 2 N–H and O–H groups in total. The first-order valence-electron chi connectivity index (χ1n) is 8.52. The number of nitrogens with one attached hydrogen (secondary N) is 2. The Bertz CT molecular complexity index is 906. The lowest BCUT2D eigenvalue weighted by Gasteiger charge is -2.14. The average molecular weight is 410 g/mol. The van der Waals surface area contributed by atoms with Gasteiger partial charge in [-0.25, -0.2) is 13.2 Å². The number of halogens is 3. The summed E-state index contributed by atoms with van der Waals surface area (Å²) in [5, 5.41) is 4.52. The Balaban J connectivity index is 1.90. The molecule has 28 heavy (non-hydrogen) atoms. The number of anilines is 1. The van der Waals surface area contributed by atoms with Gasteiger partial charge < -0.3 is 10.6 Å². The molecule has 0 saturated carbocycles. The number of rotatable bonds is 6. The fourth-order valence-corrected chi connectivity index (χ4v) is 3.71. The third-order valence-electron chi connectivity index (χ3n) is 4.40. The van der Waals surface area contributed by atoms with Crippen LogP contribution in [0.3, 0.4) is 0 Å². The van der Waals surface area contributed by atoms with Gasteiger partial charge in [0.15, 0.2) is 17.5 Å². The molecule has 150 valence electrons. The van der Waals surface area contributed by atoms with E-state index in [1.54, 1.807) is 0 Å². The summed E-state index contributed by atoms with van der Waals surface area (Å²) in [6, 6.07) is 3.71. The molecule has 0 aromatic heterocycles. The van der Waals surface area contributed by atoms with Crippen LogP contribution >= 0.6 is 11.8 Å². The molecule has 0 aliphatic rings. The number of thioether (sulfide) groups is 1. The molecule has 8 heteroatoms. The molecule has 0 spiro atoms. The zero-order valence-electron chi connectivity index (χ0n) is 16.0. The van der Waals surface area contributed by atoms with Crippen LogP contribution in [0, 0.1) is 45.1 Å². The highest BCUT2D eigenvalue weighted by Crippen LogP contribution is 2.30. The number of hydrogen-bond acceptors (Lipinski definition) is 3. The van der Waals surface area contributed by atoms with Gasteiger partial charge in [-0.2, -0.15) is 0 Å². The predicted octanol–water partition coefficient (Wildman–Crippen LogP) is 4.18. The van der Waals surface area contributed by atoms with Crippen LogP contribution in [0.4, 0.5) is 18.9 Å². The Morgan fingerprint density at radius 3 is 2.14 bits per heavy atom. The van der Waals surface area contributed by atoms with Crippen molar-refractivity contribution in [2.24, 2.45) is 0 Å². The highest BCUT2D eigenvalue weighted by atomic mass is 32.2. The van der Waals surface area contributed by atoms with E-state index in [2.05, 4.69) is 16.7 Å². The molecule has 0 saturated heterocycles. The standard InChI is InChI=1S/C20H21F3N2O2S/c1-10-7-11(2)13(4)20(12(10)3)28-9-17(27)24-8-16(26)25-15-6-5-14(21)18(22)19(15)23/h5-7H,8-9H2,1-4H3,(H,24,27)(H,25,26). The van der Waals surface area contributed by atoms with Crippen molar-refractivity contribution in [2.75, 3.05) is 17.6 Å². The minimum Gasteiger partial charge on any atom is -0.346 e. The summed E-state index contributed by atoms with van der Waals surface area (Å²) in [5.41, 5.74) is 3.99. The van der Waals surface area contributed by atoms with Crippen molar-refractivity contribution in [3.05, 3.63) is 57.9 Å². The van der Waals surface area contributed by atoms with Crippen molar-refractivity contribution in [1.82, 2.24) is 5.32 Å². The Hall–Kier alpha value is -2.48. The molecular weight excluding hydrogens is 389 g/mol. The van der Waals surface area contributed by atoms with E-state index in [9.17, 15) is 22.8 Å². The third-order valence-corrected chi connectivity index (χ3v) is 5.71. The topological polar surface area (TPSA) is 58.2 Å². The summed E-state index contributed by atoms with van der Waals surface area (Å²) in [6.07, 6.45) is 0. The molecule has 2 rings (SSSR count). The normalized spacial score (nSPS) is 10.7. The molecule has 0 radical (unpaired) electrons. The number of carbonyl (C=O) groups is 2. The second-order valence-corrected chi connectivity index (χ2v) is 7.41. The van der Waals surface area contributed by atoms with Gasteiger partial charge in [0, 0.05) is 4.90 Å². The van der Waals surface area contributed by atoms with E-state index in [1.165, 1.54) is 11.8 Å². The van der Waals surface area contributed by atoms with Crippen LogP contribution in [0.15, 0.2) is 23.1 Å². The second kappa shape index (κ2) is 9.14. The minimum atomic E-state index is -1.67. The van der Waals surface area contributed by atoms with Crippen molar-refractivity contribution >= 4 is 29.3 Å². The van der Waals surface area contributed by atoms with Gasteiger partial charge in [0.05, 0.1) is 18.0 Å². The van der Waals surface area contributed by atoms with Crippen LogP contribution in [0.5, 0.6) is 0 Å². The SMILES string of the molecule is Cc1cc(C)c(C)c(SCC(=O)NCC(=O)Nc2ccc(F)c(F)c2F)c1C. The van der Waals surface area contributed by atoms with Gasteiger partial charge in [0.25, 0.3) is 0 Å². The highest BCUT2D eigenvalue weighted by Gasteiger charge is 2.16. The molecule has 4 nitrogen and oxygen atoms in total. The van der Waals surface area contributed by atoms with Crippen molar-refractivity contribution in [1.29, 1.82) is 0 Å². The van der Waals surface area contributed by atoms with Crippen LogP contribution in [-0.4, -0.2) is 24.1 Å². The molecule has 0 heterocycles. The Morgan fingerprint density at radius 2 is 1.54 bits per heavy atom. The van der Waals surface area contributed by atoms with E-state index in [-0.39, 0.29) is 11.7 Å². The Kier molecular flexibility index (Phi) is 7.12. The van der Waals surface area contributed by atoms with Gasteiger partial charge in [0.2, 0.25) is 11.8 Å². The summed E-state index contributed by atoms with van der Waals surface area (Å²) in [5.74, 6) is -5.52. The maximum atomic E-state index is 13.6. The van der Waals surface area contributed by atoms with Crippen molar-refractivity contribution in [3.8, 4) is 0 Å². The zero-order valence-corrected chi connectivity index (χ0v) is 16.8. The Labute approximate surface area is 165 Å². The van der Waals surface area contributed by atoms with E-state index >= 15 is 0 Å². The number of amides is 2. The largest absolute Gasteiger partial charge is 0.346 e. The molecule has 0 atom stereocenters. The van der Waals surface area contributed by atoms with Crippen molar-refractivity contribution in [3.63, 3.8) is 0 Å². The first-order valence-corrected chi connectivity index (χ1v) is 9.50. The van der Waals surface area contributed by atoms with Crippen molar-refractivity contribution < 1.29 is 22.8 Å². The molecule has 2 amide bonds. The lowest BCUT2D eigenvalue weighted by Crippen LogP contribution is -2.34. The first kappa shape index (κ1) is 21.8. The van der Waals surface area contributed by atoms with E-state index in [4.69, 9.17) is 0 Å². The molecule has 2 aromatic carbocycles. The highest BCUT2D eigenvalue weighted by molar-refractivity contribution is 8.00. The lowest BCUT2D eigenvalue weighted by molar-refractivity contribution is -0.122. The molecular formula is C20H21F3N2O2S. The number of hydrogen-bond donors (Lipinski definition) is 2. The summed E-state index contributed by atoms with van der Waals surface area (Å²) >= 11 is 1.38. The van der Waals surface area contributed by atoms with Crippen LogP contribution in [0.2, 0.25) is 0 Å². The van der Waals surface area contributed by atoms with Gasteiger partial charge in [-0.3, -0.25) is 9.59 Å². The van der Waals surface area contributed by atoms with Gasteiger partial charge in [-0.05, 0) is 62.1 Å². The Morgan fingerprint density at radius 1 is 0.929 bits per heavy atom. The van der Waals surface area contributed by atoms with Crippen LogP contribution in [-0.2, 0) is 9.59 Å². The van der Waals surface area contributed by atoms with E-state index in [0.717, 1.165) is 33.2 Å². The average Bonchev–Trinajstić information content (AvgIpc) is 2.65. The maximum absolute atomic E-state index is 13.6. The number of benzene rings is 2. The quantitative estimate of drug-likeness (QED) is 0.555. The molecule has 0 bridgehead atoms. The van der Waals surface area contributed by atoms with E-state index in [1.807, 2.05) is 27.7 Å². The molecule has 0 aliphatic heterocycles. The summed E-state index contributed by atoms with van der Waals surface area (Å²) in [4.78, 5) is 24.9. The van der Waals surface area contributed by atoms with Crippen molar-refractivity contribution in [2.45, 2.75) is 32.6 Å². The number of carbonyl (C=O) groups excluding carboxylic acids is 2. The second-order valence-electron chi connectivity index (χ2n) is 6.43. The molecule has 0 unspecified atom stereocenters. The summed E-state index contributed by atoms with van der Waals surface area (Å²) in [7, 11) is 0. The van der Waals surface area contributed by atoms with E-state index < -0.39 is 35.6 Å². The fourth-order valence-electron chi connectivity index (χ4n) is 2.58. The summed E-state index contributed by atoms with van der Waals surface area (Å²) in [6.45, 7) is 7.58. The summed E-state index contributed by atoms with van der Waals surface area (Å²) < 4.78 is 39.6. The van der Waals surface area contributed by atoms with Gasteiger partial charge in [-0.15, -0.1) is 11.8 Å². The fraction of sp³-hybridized carbons (Fsp3) is 0.300. The first-order chi connectivity index (χ1) is 13.1. The van der Waals surface area contributed by atoms with Crippen LogP contribution in [0.25, 0.3) is 0 Å². The molecule has 2 aromatic rings.